The number of aryl methyl sites for hydroxylation is 1. The summed E-state index contributed by atoms with van der Waals surface area (Å²) in [5, 5.41) is 4.64. The van der Waals surface area contributed by atoms with E-state index in [1.165, 1.54) is 0 Å². The number of ether oxygens (including phenoxy) is 2. The second-order valence-electron chi connectivity index (χ2n) is 6.75. The molecule has 0 heterocycles. The molecule has 6 heteroatoms. The van der Waals surface area contributed by atoms with Crippen molar-refractivity contribution in [2.24, 2.45) is 5.10 Å². The quantitative estimate of drug-likeness (QED) is 0.403. The van der Waals surface area contributed by atoms with Crippen LogP contribution in [0.25, 0.3) is 0 Å². The summed E-state index contributed by atoms with van der Waals surface area (Å²) in [7, 11) is 0. The van der Waals surface area contributed by atoms with Crippen LogP contribution in [0.1, 0.15) is 23.6 Å². The molecular weight excluding hydrogens is 400 g/mol. The van der Waals surface area contributed by atoms with Crippen LogP contribution in [-0.4, -0.2) is 18.2 Å². The van der Waals surface area contributed by atoms with Gasteiger partial charge in [0, 0.05) is 5.02 Å². The van der Waals surface area contributed by atoms with Crippen molar-refractivity contribution in [3.05, 3.63) is 94.5 Å². The van der Waals surface area contributed by atoms with Gasteiger partial charge in [-0.05, 0) is 60.9 Å². The van der Waals surface area contributed by atoms with Gasteiger partial charge in [0.05, 0.1) is 6.21 Å². The normalized spacial score (nSPS) is 11.8. The lowest BCUT2D eigenvalue weighted by atomic mass is 10.2. The van der Waals surface area contributed by atoms with Crippen LogP contribution in [0.5, 0.6) is 11.5 Å². The number of hydrogen-bond donors (Lipinski definition) is 1. The van der Waals surface area contributed by atoms with Gasteiger partial charge < -0.3 is 9.47 Å². The number of halogens is 1. The first-order valence-electron chi connectivity index (χ1n) is 9.54. The van der Waals surface area contributed by atoms with Crippen molar-refractivity contribution in [3.63, 3.8) is 0 Å². The number of benzene rings is 3. The lowest BCUT2D eigenvalue weighted by Crippen LogP contribution is -2.33. The number of hydrazone groups is 1. The van der Waals surface area contributed by atoms with Gasteiger partial charge in [-0.1, -0.05) is 54.1 Å². The molecule has 0 aliphatic rings. The molecule has 0 aliphatic carbocycles. The first kappa shape index (κ1) is 21.4. The highest BCUT2D eigenvalue weighted by Gasteiger charge is 2.15. The number of carbonyl (C=O) groups excluding carboxylic acids is 1. The van der Waals surface area contributed by atoms with Crippen molar-refractivity contribution >= 4 is 23.7 Å². The lowest BCUT2D eigenvalue weighted by Gasteiger charge is -2.14. The van der Waals surface area contributed by atoms with Crippen LogP contribution in [0, 0.1) is 6.92 Å². The summed E-state index contributed by atoms with van der Waals surface area (Å²) in [6.45, 7) is 4.02. The predicted molar refractivity (Wildman–Crippen MR) is 119 cm³/mol. The van der Waals surface area contributed by atoms with Crippen LogP contribution in [0.2, 0.25) is 5.02 Å². The highest BCUT2D eigenvalue weighted by atomic mass is 35.5. The molecule has 0 spiro atoms. The number of rotatable bonds is 8. The number of nitrogens with one attached hydrogen (secondary N) is 1. The van der Waals surface area contributed by atoms with Crippen LogP contribution in [0.15, 0.2) is 77.9 Å². The zero-order valence-electron chi connectivity index (χ0n) is 16.8. The van der Waals surface area contributed by atoms with Gasteiger partial charge >= 0.3 is 0 Å². The Labute approximate surface area is 181 Å². The van der Waals surface area contributed by atoms with E-state index >= 15 is 0 Å². The zero-order valence-corrected chi connectivity index (χ0v) is 17.6. The fraction of sp³-hybridized carbons (Fsp3) is 0.167. The Balaban J connectivity index is 1.52. The zero-order chi connectivity index (χ0) is 21.3. The van der Waals surface area contributed by atoms with E-state index in [4.69, 9.17) is 21.1 Å². The van der Waals surface area contributed by atoms with E-state index in [9.17, 15) is 4.79 Å². The van der Waals surface area contributed by atoms with Gasteiger partial charge in [0.2, 0.25) is 0 Å². The second-order valence-corrected chi connectivity index (χ2v) is 7.19. The maximum atomic E-state index is 12.2. The minimum Gasteiger partial charge on any atom is -0.489 e. The standard InChI is InChI=1S/C24H23ClN2O3/c1-17-13-21(25)11-12-23(17)30-18(2)24(28)27-26-15-20-9-6-10-22(14-20)29-16-19-7-4-3-5-8-19/h3-15,18H,16H2,1-2H3,(H,27,28). The van der Waals surface area contributed by atoms with E-state index in [0.717, 1.165) is 22.4 Å². The molecular formula is C24H23ClN2O3. The molecule has 3 aromatic rings. The topological polar surface area (TPSA) is 59.9 Å². The molecule has 3 rings (SSSR count). The molecule has 1 atom stereocenters. The molecule has 1 amide bonds. The molecule has 0 saturated carbocycles. The third-order valence-electron chi connectivity index (χ3n) is 4.30. The van der Waals surface area contributed by atoms with Crippen molar-refractivity contribution < 1.29 is 14.3 Å². The third-order valence-corrected chi connectivity index (χ3v) is 4.54. The van der Waals surface area contributed by atoms with Crippen LogP contribution in [0.4, 0.5) is 0 Å². The highest BCUT2D eigenvalue weighted by Crippen LogP contribution is 2.22. The largest absolute Gasteiger partial charge is 0.489 e. The van der Waals surface area contributed by atoms with Crippen LogP contribution in [-0.2, 0) is 11.4 Å². The van der Waals surface area contributed by atoms with Crippen molar-refractivity contribution in [3.8, 4) is 11.5 Å². The Kier molecular flexibility index (Phi) is 7.46. The van der Waals surface area contributed by atoms with Gasteiger partial charge in [-0.2, -0.15) is 5.10 Å². The van der Waals surface area contributed by atoms with E-state index in [2.05, 4.69) is 10.5 Å². The number of carbonyl (C=O) groups is 1. The maximum Gasteiger partial charge on any atom is 0.280 e. The summed E-state index contributed by atoms with van der Waals surface area (Å²) >= 11 is 5.94. The summed E-state index contributed by atoms with van der Waals surface area (Å²) in [6.07, 6.45) is 0.857. The Hall–Kier alpha value is -3.31. The van der Waals surface area contributed by atoms with Crippen LogP contribution >= 0.6 is 11.6 Å². The van der Waals surface area contributed by atoms with Crippen molar-refractivity contribution in [2.75, 3.05) is 0 Å². The van der Waals surface area contributed by atoms with E-state index in [1.807, 2.05) is 61.5 Å². The Morgan fingerprint density at radius 1 is 1.10 bits per heavy atom. The van der Waals surface area contributed by atoms with Gasteiger partial charge in [0.1, 0.15) is 18.1 Å². The highest BCUT2D eigenvalue weighted by molar-refractivity contribution is 6.30. The summed E-state index contributed by atoms with van der Waals surface area (Å²) in [4.78, 5) is 12.2. The Morgan fingerprint density at radius 2 is 1.90 bits per heavy atom. The summed E-state index contributed by atoms with van der Waals surface area (Å²) in [6, 6.07) is 22.7. The van der Waals surface area contributed by atoms with Gasteiger partial charge in [0.15, 0.2) is 6.10 Å². The fourth-order valence-electron chi connectivity index (χ4n) is 2.68. The molecule has 0 bridgehead atoms. The van der Waals surface area contributed by atoms with Crippen LogP contribution < -0.4 is 14.9 Å². The molecule has 0 saturated heterocycles. The molecule has 154 valence electrons. The third kappa shape index (κ3) is 6.36. The van der Waals surface area contributed by atoms with Crippen LogP contribution in [0.3, 0.4) is 0 Å². The molecule has 30 heavy (non-hydrogen) atoms. The summed E-state index contributed by atoms with van der Waals surface area (Å²) < 4.78 is 11.5. The van der Waals surface area contributed by atoms with E-state index < -0.39 is 6.10 Å². The Bertz CT molecular complexity index is 1020. The number of hydrogen-bond acceptors (Lipinski definition) is 4. The average molecular weight is 423 g/mol. The molecule has 0 aliphatic heterocycles. The molecule has 0 radical (unpaired) electrons. The smallest absolute Gasteiger partial charge is 0.280 e. The molecule has 1 N–H and O–H groups in total. The second kappa shape index (κ2) is 10.5. The molecule has 0 aromatic heterocycles. The van der Waals surface area contributed by atoms with Gasteiger partial charge in [-0.15, -0.1) is 0 Å². The summed E-state index contributed by atoms with van der Waals surface area (Å²) in [5.41, 5.74) is 5.26. The molecule has 3 aromatic carbocycles. The number of amides is 1. The van der Waals surface area contributed by atoms with E-state index in [1.54, 1.807) is 31.3 Å². The maximum absolute atomic E-state index is 12.2. The predicted octanol–water partition coefficient (Wildman–Crippen LogP) is 5.15. The minimum absolute atomic E-state index is 0.350. The molecule has 1 unspecified atom stereocenters. The molecule has 5 nitrogen and oxygen atoms in total. The van der Waals surface area contributed by atoms with Gasteiger partial charge in [0.25, 0.3) is 5.91 Å². The van der Waals surface area contributed by atoms with E-state index in [0.29, 0.717) is 17.4 Å². The summed E-state index contributed by atoms with van der Waals surface area (Å²) in [5.74, 6) is 0.982. The van der Waals surface area contributed by atoms with Crippen molar-refractivity contribution in [2.45, 2.75) is 26.6 Å². The van der Waals surface area contributed by atoms with E-state index in [-0.39, 0.29) is 5.91 Å². The SMILES string of the molecule is Cc1cc(Cl)ccc1OC(C)C(=O)NN=Cc1cccc(OCc2ccccc2)c1. The monoisotopic (exact) mass is 422 g/mol. The average Bonchev–Trinajstić information content (AvgIpc) is 2.75. The van der Waals surface area contributed by atoms with Crippen molar-refractivity contribution in [1.29, 1.82) is 0 Å². The molecule has 0 fully saturated rings. The fourth-order valence-corrected chi connectivity index (χ4v) is 2.90. The van der Waals surface area contributed by atoms with Gasteiger partial charge in [-0.25, -0.2) is 5.43 Å². The first-order chi connectivity index (χ1) is 14.5. The van der Waals surface area contributed by atoms with Crippen molar-refractivity contribution in [1.82, 2.24) is 5.43 Å². The lowest BCUT2D eigenvalue weighted by molar-refractivity contribution is -0.127. The minimum atomic E-state index is -0.706. The number of nitrogens with zero attached hydrogens (tertiary/aromatic N) is 1. The Morgan fingerprint density at radius 3 is 2.67 bits per heavy atom. The van der Waals surface area contributed by atoms with Gasteiger partial charge in [-0.3, -0.25) is 4.79 Å². The first-order valence-corrected chi connectivity index (χ1v) is 9.91.